The average molecular weight is 478 g/mol. The Morgan fingerprint density at radius 3 is 2.71 bits per heavy atom. The van der Waals surface area contributed by atoms with Crippen molar-refractivity contribution < 1.29 is 19.1 Å². The van der Waals surface area contributed by atoms with Crippen molar-refractivity contribution in [3.05, 3.63) is 64.7 Å². The van der Waals surface area contributed by atoms with Crippen LogP contribution in [0.2, 0.25) is 0 Å². The number of esters is 1. The fraction of sp³-hybridized carbons (Fsp3) is 0.464. The van der Waals surface area contributed by atoms with Crippen LogP contribution < -0.4 is 4.74 Å². The third-order valence-corrected chi connectivity index (χ3v) is 6.82. The number of ether oxygens (including phenoxy) is 2. The van der Waals surface area contributed by atoms with Gasteiger partial charge in [-0.15, -0.1) is 0 Å². The van der Waals surface area contributed by atoms with Crippen LogP contribution in [-0.2, 0) is 14.3 Å². The Morgan fingerprint density at radius 2 is 1.97 bits per heavy atom. The number of methoxy groups -OCH3 is 1. The summed E-state index contributed by atoms with van der Waals surface area (Å²) >= 11 is 0. The van der Waals surface area contributed by atoms with E-state index in [0.717, 1.165) is 47.5 Å². The number of nitrogens with zero attached hydrogens (tertiary/aromatic N) is 3. The van der Waals surface area contributed by atoms with Crippen molar-refractivity contribution >= 4 is 17.6 Å². The molecule has 0 saturated carbocycles. The van der Waals surface area contributed by atoms with E-state index in [1.807, 2.05) is 31.2 Å². The van der Waals surface area contributed by atoms with Gasteiger partial charge >= 0.3 is 5.97 Å². The van der Waals surface area contributed by atoms with Crippen LogP contribution in [0, 0.1) is 19.8 Å². The van der Waals surface area contributed by atoms with Crippen LogP contribution in [0.5, 0.6) is 5.75 Å². The molecule has 4 rings (SSSR count). The molecule has 2 unspecified atom stereocenters. The van der Waals surface area contributed by atoms with Crippen LogP contribution in [0.25, 0.3) is 0 Å². The van der Waals surface area contributed by atoms with Crippen molar-refractivity contribution in [2.24, 2.45) is 11.0 Å². The third kappa shape index (κ3) is 5.73. The maximum Gasteiger partial charge on any atom is 0.310 e. The first-order chi connectivity index (χ1) is 16.9. The number of piperidine rings is 1. The number of aryl methyl sites for hydroxylation is 2. The number of hydrogen-bond donors (Lipinski definition) is 0. The monoisotopic (exact) mass is 477 g/mol. The molecule has 0 radical (unpaired) electrons. The van der Waals surface area contributed by atoms with Gasteiger partial charge in [0.2, 0.25) is 0 Å². The largest absolute Gasteiger partial charge is 0.497 e. The molecule has 0 N–H and O–H groups in total. The van der Waals surface area contributed by atoms with Gasteiger partial charge in [-0.1, -0.05) is 35.9 Å². The molecule has 2 aromatic carbocycles. The van der Waals surface area contributed by atoms with Crippen molar-refractivity contribution in [2.75, 3.05) is 33.4 Å². The molecule has 2 aliphatic heterocycles. The lowest BCUT2D eigenvalue weighted by molar-refractivity contribution is -0.150. The molecule has 1 fully saturated rings. The van der Waals surface area contributed by atoms with Crippen molar-refractivity contribution in [3.63, 3.8) is 0 Å². The first-order valence-electron chi connectivity index (χ1n) is 12.4. The Bertz CT molecular complexity index is 1110. The molecule has 2 heterocycles. The van der Waals surface area contributed by atoms with Crippen molar-refractivity contribution in [1.29, 1.82) is 0 Å². The first-order valence-corrected chi connectivity index (χ1v) is 12.4. The molecule has 0 aliphatic carbocycles. The molecule has 0 aromatic heterocycles. The molecular weight excluding hydrogens is 442 g/mol. The number of hydrogen-bond acceptors (Lipinski definition) is 6. The minimum Gasteiger partial charge on any atom is -0.497 e. The summed E-state index contributed by atoms with van der Waals surface area (Å²) in [6.07, 6.45) is 2.30. The number of benzene rings is 2. The van der Waals surface area contributed by atoms with Gasteiger partial charge < -0.3 is 9.47 Å². The van der Waals surface area contributed by atoms with Gasteiger partial charge in [0.25, 0.3) is 5.91 Å². The summed E-state index contributed by atoms with van der Waals surface area (Å²) in [7, 11) is 1.64. The quantitative estimate of drug-likeness (QED) is 0.557. The van der Waals surface area contributed by atoms with Gasteiger partial charge in [-0.3, -0.25) is 14.5 Å². The highest BCUT2D eigenvalue weighted by molar-refractivity contribution is 6.04. The second kappa shape index (κ2) is 11.0. The minimum atomic E-state index is -0.209. The smallest absolute Gasteiger partial charge is 0.310 e. The summed E-state index contributed by atoms with van der Waals surface area (Å²) in [5, 5.41) is 6.49. The predicted molar refractivity (Wildman–Crippen MR) is 135 cm³/mol. The summed E-state index contributed by atoms with van der Waals surface area (Å²) in [6, 6.07) is 14.0. The molecule has 1 amide bonds. The van der Waals surface area contributed by atoms with Crippen molar-refractivity contribution in [1.82, 2.24) is 9.91 Å². The van der Waals surface area contributed by atoms with Crippen LogP contribution in [0.4, 0.5) is 0 Å². The van der Waals surface area contributed by atoms with E-state index in [-0.39, 0.29) is 30.4 Å². The predicted octanol–water partition coefficient (Wildman–Crippen LogP) is 4.26. The van der Waals surface area contributed by atoms with Gasteiger partial charge in [0.05, 0.1) is 37.9 Å². The maximum atomic E-state index is 13.6. The van der Waals surface area contributed by atoms with E-state index in [1.54, 1.807) is 12.1 Å². The van der Waals surface area contributed by atoms with Gasteiger partial charge in [-0.25, -0.2) is 5.01 Å². The number of amides is 1. The highest BCUT2D eigenvalue weighted by Crippen LogP contribution is 2.35. The van der Waals surface area contributed by atoms with Gasteiger partial charge in [0, 0.05) is 18.5 Å². The Hall–Kier alpha value is -3.19. The van der Waals surface area contributed by atoms with E-state index < -0.39 is 0 Å². The van der Waals surface area contributed by atoms with Gasteiger partial charge in [0.15, 0.2) is 0 Å². The van der Waals surface area contributed by atoms with Crippen molar-refractivity contribution in [3.8, 4) is 5.75 Å². The van der Waals surface area contributed by atoms with E-state index >= 15 is 0 Å². The Labute approximate surface area is 207 Å². The summed E-state index contributed by atoms with van der Waals surface area (Å²) in [5.41, 5.74) is 5.31. The second-order valence-electron chi connectivity index (χ2n) is 9.43. The van der Waals surface area contributed by atoms with E-state index in [2.05, 4.69) is 36.9 Å². The lowest BCUT2D eigenvalue weighted by Crippen LogP contribution is -2.44. The van der Waals surface area contributed by atoms with E-state index in [0.29, 0.717) is 19.6 Å². The van der Waals surface area contributed by atoms with Crippen LogP contribution in [0.15, 0.2) is 47.6 Å². The fourth-order valence-electron chi connectivity index (χ4n) is 5.06. The molecule has 7 heteroatoms. The molecule has 186 valence electrons. The Kier molecular flexibility index (Phi) is 7.86. The zero-order valence-corrected chi connectivity index (χ0v) is 21.1. The van der Waals surface area contributed by atoms with E-state index in [9.17, 15) is 9.59 Å². The standard InChI is InChI=1S/C28H35N3O4/c1-5-35-28(33)22-9-7-13-30(17-22)18-27(32)31-26(21-8-6-10-23(15-21)34-4)16-25(29-31)24-12-11-19(2)14-20(24)3/h6,8,10-12,14-15,22,26H,5,7,9,13,16-18H2,1-4H3. The lowest BCUT2D eigenvalue weighted by Gasteiger charge is -2.32. The molecule has 35 heavy (non-hydrogen) atoms. The van der Waals surface area contributed by atoms with Gasteiger partial charge in [0.1, 0.15) is 5.75 Å². The molecule has 2 aromatic rings. The molecular formula is C28H35N3O4. The van der Waals surface area contributed by atoms with Crippen LogP contribution in [-0.4, -0.2) is 60.8 Å². The highest BCUT2D eigenvalue weighted by atomic mass is 16.5. The summed E-state index contributed by atoms with van der Waals surface area (Å²) in [4.78, 5) is 27.9. The van der Waals surface area contributed by atoms with Crippen LogP contribution >= 0.6 is 0 Å². The molecule has 0 spiro atoms. The van der Waals surface area contributed by atoms with Crippen LogP contribution in [0.1, 0.15) is 54.5 Å². The van der Waals surface area contributed by atoms with Gasteiger partial charge in [-0.2, -0.15) is 5.10 Å². The molecule has 2 aliphatic rings. The zero-order valence-electron chi connectivity index (χ0n) is 21.1. The number of likely N-dealkylation sites (tertiary alicyclic amines) is 1. The molecule has 1 saturated heterocycles. The molecule has 7 nitrogen and oxygen atoms in total. The summed E-state index contributed by atoms with van der Waals surface area (Å²) < 4.78 is 10.7. The zero-order chi connectivity index (χ0) is 24.9. The third-order valence-electron chi connectivity index (χ3n) is 6.82. The second-order valence-corrected chi connectivity index (χ2v) is 9.43. The lowest BCUT2D eigenvalue weighted by atomic mass is 9.95. The number of hydrazone groups is 1. The SMILES string of the molecule is CCOC(=O)C1CCCN(CC(=O)N2N=C(c3ccc(C)cc3C)CC2c2cccc(OC)c2)C1. The first kappa shape index (κ1) is 24.9. The normalized spacial score (nSPS) is 20.5. The van der Waals surface area contributed by atoms with Gasteiger partial charge in [-0.05, 0) is 63.4 Å². The summed E-state index contributed by atoms with van der Waals surface area (Å²) in [6.45, 7) is 7.89. The maximum absolute atomic E-state index is 13.6. The summed E-state index contributed by atoms with van der Waals surface area (Å²) in [5.74, 6) is 0.332. The topological polar surface area (TPSA) is 71.4 Å². The minimum absolute atomic E-state index is 0.0675. The number of carbonyl (C=O) groups excluding carboxylic acids is 2. The Balaban J connectivity index is 1.58. The van der Waals surface area contributed by atoms with E-state index in [4.69, 9.17) is 14.6 Å². The fourth-order valence-corrected chi connectivity index (χ4v) is 5.06. The van der Waals surface area contributed by atoms with E-state index in [1.165, 1.54) is 5.56 Å². The molecule has 0 bridgehead atoms. The van der Waals surface area contributed by atoms with Crippen molar-refractivity contribution in [2.45, 2.75) is 46.1 Å². The Morgan fingerprint density at radius 1 is 1.14 bits per heavy atom. The number of carbonyl (C=O) groups is 2. The van der Waals surface area contributed by atoms with Crippen LogP contribution in [0.3, 0.4) is 0 Å². The average Bonchev–Trinajstić information content (AvgIpc) is 3.30. The number of rotatable bonds is 7. The molecule has 2 atom stereocenters. The highest BCUT2D eigenvalue weighted by Gasteiger charge is 2.35.